The van der Waals surface area contributed by atoms with Crippen molar-refractivity contribution in [2.75, 3.05) is 12.9 Å². The maximum Gasteiger partial charge on any atom is 0.420 e. The van der Waals surface area contributed by atoms with Crippen LogP contribution in [0.1, 0.15) is 75.7 Å². The molecule has 0 saturated carbocycles. The highest BCUT2D eigenvalue weighted by Crippen LogP contribution is 2.23. The van der Waals surface area contributed by atoms with Gasteiger partial charge in [-0.05, 0) is 74.7 Å². The summed E-state index contributed by atoms with van der Waals surface area (Å²) < 4.78 is 43.6. The molecule has 10 nitrogen and oxygen atoms in total. The standard InChI is InChI=1S/C21H39NO9S/c1-14(13-28-32(11,26)27)12-15(16(23)29-19(2,3)4)22(17(24)30-20(5,6)7)18(25)31-21(8,9)10/h14-15H,12-13H2,1-11H3/t14-,15-/m0/s1. The first kappa shape index (κ1) is 30.1. The maximum atomic E-state index is 13.0. The molecule has 0 saturated heterocycles. The largest absolute Gasteiger partial charge is 0.458 e. The van der Waals surface area contributed by atoms with Crippen molar-refractivity contribution in [2.24, 2.45) is 5.92 Å². The summed E-state index contributed by atoms with van der Waals surface area (Å²) in [5, 5.41) is 0. The van der Waals surface area contributed by atoms with Crippen LogP contribution in [0.4, 0.5) is 9.59 Å². The minimum atomic E-state index is -3.72. The highest BCUT2D eigenvalue weighted by Gasteiger charge is 2.42. The molecule has 0 rings (SSSR count). The fourth-order valence-corrected chi connectivity index (χ4v) is 2.80. The van der Waals surface area contributed by atoms with E-state index in [1.165, 1.54) is 0 Å². The quantitative estimate of drug-likeness (QED) is 0.302. The Hall–Kier alpha value is -1.88. The number of imide groups is 1. The topological polar surface area (TPSA) is 126 Å². The lowest BCUT2D eigenvalue weighted by molar-refractivity contribution is -0.161. The van der Waals surface area contributed by atoms with Gasteiger partial charge in [0.05, 0.1) is 12.9 Å². The van der Waals surface area contributed by atoms with E-state index in [-0.39, 0.29) is 13.0 Å². The van der Waals surface area contributed by atoms with Gasteiger partial charge in [-0.2, -0.15) is 13.3 Å². The number of carbonyl (C=O) groups is 3. The Bertz CT molecular complexity index is 743. The molecule has 0 aliphatic heterocycles. The molecule has 11 heteroatoms. The Kier molecular flexibility index (Phi) is 10.2. The van der Waals surface area contributed by atoms with Crippen LogP contribution in [0.25, 0.3) is 0 Å². The lowest BCUT2D eigenvalue weighted by Crippen LogP contribution is -2.53. The van der Waals surface area contributed by atoms with Crippen molar-refractivity contribution in [1.29, 1.82) is 0 Å². The van der Waals surface area contributed by atoms with Gasteiger partial charge in [-0.25, -0.2) is 14.4 Å². The van der Waals surface area contributed by atoms with E-state index in [1.807, 2.05) is 0 Å². The van der Waals surface area contributed by atoms with Crippen LogP contribution in [0.2, 0.25) is 0 Å². The van der Waals surface area contributed by atoms with Crippen LogP contribution < -0.4 is 0 Å². The predicted octanol–water partition coefficient (Wildman–Crippen LogP) is 3.87. The van der Waals surface area contributed by atoms with Gasteiger partial charge in [-0.1, -0.05) is 6.92 Å². The monoisotopic (exact) mass is 481 g/mol. The van der Waals surface area contributed by atoms with Gasteiger partial charge in [0.25, 0.3) is 10.1 Å². The fraction of sp³-hybridized carbons (Fsp3) is 0.857. The Balaban J connectivity index is 6.18. The fourth-order valence-electron chi connectivity index (χ4n) is 2.32. The van der Waals surface area contributed by atoms with Gasteiger partial charge >= 0.3 is 18.2 Å². The number of amides is 2. The van der Waals surface area contributed by atoms with E-state index >= 15 is 0 Å². The summed E-state index contributed by atoms with van der Waals surface area (Å²) in [4.78, 5) is 39.6. The van der Waals surface area contributed by atoms with E-state index in [0.717, 1.165) is 6.26 Å². The summed E-state index contributed by atoms with van der Waals surface area (Å²) in [6.45, 7) is 16.0. The van der Waals surface area contributed by atoms with Crippen molar-refractivity contribution in [1.82, 2.24) is 4.90 Å². The number of nitrogens with zero attached hydrogens (tertiary/aromatic N) is 1. The van der Waals surface area contributed by atoms with Crippen LogP contribution in [0.15, 0.2) is 0 Å². The SMILES string of the molecule is C[C@H](COS(C)(=O)=O)C[C@@H](C(=O)OC(C)(C)C)N(C(=O)OC(C)(C)C)C(=O)OC(C)(C)C. The van der Waals surface area contributed by atoms with E-state index in [0.29, 0.717) is 4.90 Å². The second kappa shape index (κ2) is 10.8. The third kappa shape index (κ3) is 13.5. The summed E-state index contributed by atoms with van der Waals surface area (Å²) in [6.07, 6.45) is -1.40. The third-order valence-electron chi connectivity index (χ3n) is 3.36. The van der Waals surface area contributed by atoms with E-state index in [1.54, 1.807) is 69.2 Å². The zero-order valence-corrected chi connectivity index (χ0v) is 21.9. The van der Waals surface area contributed by atoms with Gasteiger partial charge in [-0.3, -0.25) is 4.18 Å². The lowest BCUT2D eigenvalue weighted by atomic mass is 10.0. The summed E-state index contributed by atoms with van der Waals surface area (Å²) in [5.41, 5.74) is -2.82. The third-order valence-corrected chi connectivity index (χ3v) is 3.93. The normalized spacial score (nSPS) is 14.8. The van der Waals surface area contributed by atoms with Crippen LogP contribution in [-0.4, -0.2) is 67.2 Å². The number of hydrogen-bond acceptors (Lipinski definition) is 9. The van der Waals surface area contributed by atoms with Crippen molar-refractivity contribution in [3.63, 3.8) is 0 Å². The van der Waals surface area contributed by atoms with Crippen LogP contribution in [0.5, 0.6) is 0 Å². The van der Waals surface area contributed by atoms with E-state index < -0.39 is 57.0 Å². The minimum absolute atomic E-state index is 0.136. The zero-order valence-electron chi connectivity index (χ0n) is 21.1. The molecular weight excluding hydrogens is 442 g/mol. The Morgan fingerprint density at radius 3 is 1.47 bits per heavy atom. The molecule has 0 aromatic heterocycles. The Morgan fingerprint density at radius 2 is 1.16 bits per heavy atom. The molecule has 0 aliphatic rings. The van der Waals surface area contributed by atoms with Crippen molar-refractivity contribution >= 4 is 28.3 Å². The Morgan fingerprint density at radius 1 is 0.781 bits per heavy atom. The molecule has 188 valence electrons. The summed E-state index contributed by atoms with van der Waals surface area (Å²) >= 11 is 0. The van der Waals surface area contributed by atoms with Crippen molar-refractivity contribution in [3.05, 3.63) is 0 Å². The van der Waals surface area contributed by atoms with Crippen LogP contribution in [0.3, 0.4) is 0 Å². The number of hydrogen-bond donors (Lipinski definition) is 0. The molecule has 2 atom stereocenters. The van der Waals surface area contributed by atoms with E-state index in [2.05, 4.69) is 0 Å². The molecule has 0 spiro atoms. The molecule has 0 N–H and O–H groups in total. The number of esters is 1. The average Bonchev–Trinajstić information content (AvgIpc) is 2.46. The summed E-state index contributed by atoms with van der Waals surface area (Å²) in [7, 11) is -3.72. The molecule has 0 aliphatic carbocycles. The molecule has 0 aromatic rings. The molecule has 0 heterocycles. The van der Waals surface area contributed by atoms with Gasteiger partial charge in [0, 0.05) is 0 Å². The molecule has 0 fully saturated rings. The van der Waals surface area contributed by atoms with Gasteiger partial charge in [-0.15, -0.1) is 0 Å². The summed E-state index contributed by atoms with van der Waals surface area (Å²) in [5.74, 6) is -1.41. The first-order chi connectivity index (χ1) is 14.0. The average molecular weight is 482 g/mol. The van der Waals surface area contributed by atoms with Crippen LogP contribution in [-0.2, 0) is 33.3 Å². The predicted molar refractivity (Wildman–Crippen MR) is 119 cm³/mol. The number of ether oxygens (including phenoxy) is 3. The molecule has 2 amide bonds. The van der Waals surface area contributed by atoms with Crippen LogP contribution >= 0.6 is 0 Å². The smallest absolute Gasteiger partial charge is 0.420 e. The second-order valence-electron chi connectivity index (χ2n) is 10.7. The molecule has 0 bridgehead atoms. The van der Waals surface area contributed by atoms with Crippen molar-refractivity contribution in [2.45, 2.75) is 98.5 Å². The Labute approximate surface area is 192 Å². The molecule has 0 radical (unpaired) electrons. The van der Waals surface area contributed by atoms with Gasteiger partial charge in [0.15, 0.2) is 0 Å². The molecular formula is C21H39NO9S. The van der Waals surface area contributed by atoms with Gasteiger partial charge in [0.1, 0.15) is 22.8 Å². The van der Waals surface area contributed by atoms with E-state index in [4.69, 9.17) is 18.4 Å². The van der Waals surface area contributed by atoms with Crippen LogP contribution in [0, 0.1) is 5.92 Å². The van der Waals surface area contributed by atoms with Gasteiger partial charge < -0.3 is 14.2 Å². The number of rotatable bonds is 7. The van der Waals surface area contributed by atoms with Crippen molar-refractivity contribution < 1.29 is 41.2 Å². The first-order valence-electron chi connectivity index (χ1n) is 10.3. The number of carbonyl (C=O) groups excluding carboxylic acids is 3. The minimum Gasteiger partial charge on any atom is -0.458 e. The first-order valence-corrected chi connectivity index (χ1v) is 12.1. The van der Waals surface area contributed by atoms with Gasteiger partial charge in [0.2, 0.25) is 0 Å². The molecule has 32 heavy (non-hydrogen) atoms. The lowest BCUT2D eigenvalue weighted by Gasteiger charge is -2.34. The van der Waals surface area contributed by atoms with Crippen molar-refractivity contribution in [3.8, 4) is 0 Å². The maximum absolute atomic E-state index is 13.0. The molecule has 0 unspecified atom stereocenters. The summed E-state index contributed by atoms with van der Waals surface area (Å²) in [6, 6.07) is -1.43. The molecule has 0 aromatic carbocycles. The second-order valence-corrected chi connectivity index (χ2v) is 12.4. The highest BCUT2D eigenvalue weighted by atomic mass is 32.2. The van der Waals surface area contributed by atoms with E-state index in [9.17, 15) is 22.8 Å². The highest BCUT2D eigenvalue weighted by molar-refractivity contribution is 7.85. The zero-order chi connectivity index (χ0) is 25.7.